The SMILES string of the molecule is CC1(C)NC(=O)N([C@H]2C[C@@H](Oc3ccccc3C(C)(C)C)C2)C1=O. The van der Waals surface area contributed by atoms with E-state index in [1.807, 2.05) is 18.2 Å². The van der Waals surface area contributed by atoms with Crippen LogP contribution in [0.4, 0.5) is 4.79 Å². The fourth-order valence-electron chi connectivity index (χ4n) is 3.32. The molecule has 130 valence electrons. The van der Waals surface area contributed by atoms with Crippen LogP contribution in [0.25, 0.3) is 0 Å². The normalized spacial score (nSPS) is 26.1. The van der Waals surface area contributed by atoms with Crippen LogP contribution in [-0.2, 0) is 10.2 Å². The van der Waals surface area contributed by atoms with Gasteiger partial charge < -0.3 is 10.1 Å². The predicted molar refractivity (Wildman–Crippen MR) is 92.0 cm³/mol. The van der Waals surface area contributed by atoms with Gasteiger partial charge in [-0.2, -0.15) is 0 Å². The van der Waals surface area contributed by atoms with E-state index in [1.54, 1.807) is 13.8 Å². The molecule has 2 fully saturated rings. The third kappa shape index (κ3) is 2.87. The summed E-state index contributed by atoms with van der Waals surface area (Å²) in [6, 6.07) is 7.72. The molecule has 0 radical (unpaired) electrons. The highest BCUT2D eigenvalue weighted by molar-refractivity contribution is 6.06. The Balaban J connectivity index is 1.65. The Morgan fingerprint density at radius 1 is 1.17 bits per heavy atom. The van der Waals surface area contributed by atoms with Crippen LogP contribution < -0.4 is 10.1 Å². The van der Waals surface area contributed by atoms with Crippen LogP contribution >= 0.6 is 0 Å². The van der Waals surface area contributed by atoms with Gasteiger partial charge in [-0.3, -0.25) is 9.69 Å². The van der Waals surface area contributed by atoms with Gasteiger partial charge in [0.15, 0.2) is 0 Å². The van der Waals surface area contributed by atoms with Gasteiger partial charge in [-0.25, -0.2) is 4.79 Å². The predicted octanol–water partition coefficient (Wildman–Crippen LogP) is 3.22. The zero-order chi connectivity index (χ0) is 17.7. The lowest BCUT2D eigenvalue weighted by molar-refractivity contribution is -0.134. The zero-order valence-corrected chi connectivity index (χ0v) is 15.1. The summed E-state index contributed by atoms with van der Waals surface area (Å²) in [5.74, 6) is 0.747. The van der Waals surface area contributed by atoms with Crippen molar-refractivity contribution in [2.24, 2.45) is 0 Å². The lowest BCUT2D eigenvalue weighted by Crippen LogP contribution is -2.52. The molecule has 0 aromatic heterocycles. The number of urea groups is 1. The van der Waals surface area contributed by atoms with Crippen LogP contribution in [0.1, 0.15) is 53.0 Å². The second kappa shape index (κ2) is 5.50. The third-order valence-electron chi connectivity index (χ3n) is 4.82. The van der Waals surface area contributed by atoms with Gasteiger partial charge in [0.1, 0.15) is 17.4 Å². The molecule has 1 aliphatic heterocycles. The smallest absolute Gasteiger partial charge is 0.325 e. The Kier molecular flexibility index (Phi) is 3.85. The van der Waals surface area contributed by atoms with Crippen molar-refractivity contribution in [1.82, 2.24) is 10.2 Å². The molecular weight excluding hydrogens is 304 g/mol. The number of hydrogen-bond acceptors (Lipinski definition) is 3. The minimum Gasteiger partial charge on any atom is -0.490 e. The van der Waals surface area contributed by atoms with Gasteiger partial charge >= 0.3 is 6.03 Å². The number of ether oxygens (including phenoxy) is 1. The highest BCUT2D eigenvalue weighted by Crippen LogP contribution is 2.37. The first kappa shape index (κ1) is 16.8. The number of para-hydroxylation sites is 1. The zero-order valence-electron chi connectivity index (χ0n) is 15.1. The molecule has 1 saturated carbocycles. The molecule has 2 aliphatic rings. The average molecular weight is 330 g/mol. The Morgan fingerprint density at radius 2 is 1.79 bits per heavy atom. The summed E-state index contributed by atoms with van der Waals surface area (Å²) in [7, 11) is 0. The maximum atomic E-state index is 12.3. The summed E-state index contributed by atoms with van der Waals surface area (Å²) in [4.78, 5) is 25.7. The maximum absolute atomic E-state index is 12.3. The molecule has 1 aromatic rings. The topological polar surface area (TPSA) is 58.6 Å². The van der Waals surface area contributed by atoms with Gasteiger partial charge in [-0.15, -0.1) is 0 Å². The molecule has 5 heteroatoms. The second-order valence-electron chi connectivity index (χ2n) is 8.34. The molecule has 1 aromatic carbocycles. The van der Waals surface area contributed by atoms with E-state index in [2.05, 4.69) is 32.2 Å². The number of nitrogens with one attached hydrogen (secondary N) is 1. The molecule has 0 atom stereocenters. The van der Waals surface area contributed by atoms with E-state index < -0.39 is 5.54 Å². The Labute approximate surface area is 143 Å². The maximum Gasteiger partial charge on any atom is 0.325 e. The third-order valence-corrected chi connectivity index (χ3v) is 4.82. The molecule has 0 spiro atoms. The Hall–Kier alpha value is -2.04. The van der Waals surface area contributed by atoms with Gasteiger partial charge in [0.2, 0.25) is 0 Å². The minimum atomic E-state index is -0.804. The van der Waals surface area contributed by atoms with Crippen LogP contribution in [0, 0.1) is 0 Å². The van der Waals surface area contributed by atoms with E-state index in [-0.39, 0.29) is 29.5 Å². The molecule has 0 unspecified atom stereocenters. The first-order chi connectivity index (χ1) is 11.1. The van der Waals surface area contributed by atoms with Crippen molar-refractivity contribution in [2.45, 2.75) is 70.6 Å². The minimum absolute atomic E-state index is 0.00850. The summed E-state index contributed by atoms with van der Waals surface area (Å²) >= 11 is 0. The standard InChI is InChI=1S/C19H26N2O3/c1-18(2,3)14-8-6-7-9-15(14)24-13-10-12(11-13)21-16(22)19(4,5)20-17(21)23/h6-9,12-13H,10-11H2,1-5H3,(H,20,23)/t12-,13+. The quantitative estimate of drug-likeness (QED) is 0.866. The summed E-state index contributed by atoms with van der Waals surface area (Å²) in [5, 5.41) is 2.73. The van der Waals surface area contributed by atoms with Crippen LogP contribution in [0.15, 0.2) is 24.3 Å². The van der Waals surface area contributed by atoms with Crippen LogP contribution in [0.5, 0.6) is 5.75 Å². The largest absolute Gasteiger partial charge is 0.490 e. The number of rotatable bonds is 3. The number of amides is 3. The second-order valence-corrected chi connectivity index (χ2v) is 8.34. The molecule has 24 heavy (non-hydrogen) atoms. The molecule has 5 nitrogen and oxygen atoms in total. The Bertz CT molecular complexity index is 669. The molecule has 1 N–H and O–H groups in total. The monoisotopic (exact) mass is 330 g/mol. The fourth-order valence-corrected chi connectivity index (χ4v) is 3.32. The van der Waals surface area contributed by atoms with Crippen LogP contribution in [-0.4, -0.2) is 34.5 Å². The van der Waals surface area contributed by atoms with Crippen molar-refractivity contribution in [1.29, 1.82) is 0 Å². The summed E-state index contributed by atoms with van der Waals surface area (Å²) in [6.45, 7) is 9.95. The molecule has 1 aliphatic carbocycles. The van der Waals surface area contributed by atoms with Crippen LogP contribution in [0.3, 0.4) is 0 Å². The summed E-state index contributed by atoms with van der Waals surface area (Å²) in [6.07, 6.45) is 1.42. The number of nitrogens with zero attached hydrogens (tertiary/aromatic N) is 1. The van der Waals surface area contributed by atoms with E-state index >= 15 is 0 Å². The Morgan fingerprint density at radius 3 is 2.33 bits per heavy atom. The number of imide groups is 1. The summed E-state index contributed by atoms with van der Waals surface area (Å²) in [5.41, 5.74) is 0.376. The van der Waals surface area contributed by atoms with Crippen molar-refractivity contribution in [3.8, 4) is 5.75 Å². The highest BCUT2D eigenvalue weighted by atomic mass is 16.5. The van der Waals surface area contributed by atoms with Crippen molar-refractivity contribution >= 4 is 11.9 Å². The van der Waals surface area contributed by atoms with Gasteiger partial charge in [0, 0.05) is 18.9 Å². The molecule has 0 bridgehead atoms. The average Bonchev–Trinajstić information content (AvgIpc) is 2.62. The first-order valence-electron chi connectivity index (χ1n) is 8.51. The van der Waals surface area contributed by atoms with E-state index in [0.29, 0.717) is 12.8 Å². The van der Waals surface area contributed by atoms with Crippen molar-refractivity contribution in [3.05, 3.63) is 29.8 Å². The molecule has 1 saturated heterocycles. The van der Waals surface area contributed by atoms with Gasteiger partial charge in [0.25, 0.3) is 5.91 Å². The highest BCUT2D eigenvalue weighted by Gasteiger charge is 2.50. The first-order valence-corrected chi connectivity index (χ1v) is 8.51. The van der Waals surface area contributed by atoms with E-state index in [4.69, 9.17) is 4.74 Å². The molecular formula is C19H26N2O3. The van der Waals surface area contributed by atoms with Gasteiger partial charge in [-0.1, -0.05) is 39.0 Å². The van der Waals surface area contributed by atoms with E-state index in [0.717, 1.165) is 5.75 Å². The van der Waals surface area contributed by atoms with Crippen molar-refractivity contribution < 1.29 is 14.3 Å². The molecule has 1 heterocycles. The van der Waals surface area contributed by atoms with E-state index in [9.17, 15) is 9.59 Å². The fraction of sp³-hybridized carbons (Fsp3) is 0.579. The van der Waals surface area contributed by atoms with Gasteiger partial charge in [0.05, 0.1) is 0 Å². The van der Waals surface area contributed by atoms with Crippen LogP contribution in [0.2, 0.25) is 0 Å². The lowest BCUT2D eigenvalue weighted by atomic mass is 9.85. The number of benzene rings is 1. The lowest BCUT2D eigenvalue weighted by Gasteiger charge is -2.40. The number of carbonyl (C=O) groups excluding carboxylic acids is 2. The number of carbonyl (C=O) groups is 2. The summed E-state index contributed by atoms with van der Waals surface area (Å²) < 4.78 is 6.15. The molecule has 3 amide bonds. The molecule has 3 rings (SSSR count). The van der Waals surface area contributed by atoms with E-state index in [1.165, 1.54) is 10.5 Å². The van der Waals surface area contributed by atoms with Gasteiger partial charge in [-0.05, 0) is 30.9 Å². The van der Waals surface area contributed by atoms with Crippen molar-refractivity contribution in [3.63, 3.8) is 0 Å². The number of hydrogen-bond donors (Lipinski definition) is 1. The van der Waals surface area contributed by atoms with Crippen molar-refractivity contribution in [2.75, 3.05) is 0 Å².